The Hall–Kier alpha value is -2.57. The van der Waals surface area contributed by atoms with E-state index in [1.165, 1.54) is 17.0 Å². The number of rotatable bonds is 4. The van der Waals surface area contributed by atoms with Crippen molar-refractivity contribution in [3.8, 4) is 0 Å². The van der Waals surface area contributed by atoms with Gasteiger partial charge in [0.05, 0.1) is 40.1 Å². The Kier molecular flexibility index (Phi) is 5.96. The molecule has 14 heteroatoms. The summed E-state index contributed by atoms with van der Waals surface area (Å²) in [5.41, 5.74) is -5.86. The standard InChI is InChI=1S/C23H16Cl2F7N3O2/c24-15-6-13(5-14(18(15)25)22(27,28)29)21(23(30,31)32)7-16(34-37-21)12-3-4-17(33-8-12)20(26)9-35(10-20)19(36)11-1-2-11/h3-8,11,34H,1-2,9-10H2. The molecule has 1 amide bonds. The van der Waals surface area contributed by atoms with Crippen molar-refractivity contribution in [2.75, 3.05) is 13.1 Å². The van der Waals surface area contributed by atoms with Gasteiger partial charge in [-0.05, 0) is 43.2 Å². The molecule has 1 atom stereocenters. The third-order valence-corrected chi connectivity index (χ3v) is 7.31. The average Bonchev–Trinajstić information content (AvgIpc) is 3.54. The summed E-state index contributed by atoms with van der Waals surface area (Å²) in [6.07, 6.45) is -7.08. The zero-order valence-electron chi connectivity index (χ0n) is 18.5. The molecule has 0 radical (unpaired) electrons. The predicted molar refractivity (Wildman–Crippen MR) is 118 cm³/mol. The van der Waals surface area contributed by atoms with Crippen molar-refractivity contribution in [2.45, 2.75) is 36.5 Å². The van der Waals surface area contributed by atoms with Gasteiger partial charge in [0.2, 0.25) is 11.5 Å². The van der Waals surface area contributed by atoms with E-state index in [1.807, 2.05) is 0 Å². The monoisotopic (exact) mass is 569 g/mol. The van der Waals surface area contributed by atoms with E-state index >= 15 is 4.39 Å². The third-order valence-electron chi connectivity index (χ3n) is 6.51. The molecule has 1 aromatic carbocycles. The van der Waals surface area contributed by atoms with Gasteiger partial charge in [-0.2, -0.15) is 26.3 Å². The second-order valence-corrected chi connectivity index (χ2v) is 9.96. The summed E-state index contributed by atoms with van der Waals surface area (Å²) < 4.78 is 98.0. The molecule has 1 N–H and O–H groups in total. The number of alkyl halides is 7. The smallest absolute Gasteiger partial charge is 0.335 e. The molecule has 1 saturated carbocycles. The molecular weight excluding hydrogens is 554 g/mol. The van der Waals surface area contributed by atoms with Crippen LogP contribution in [0.1, 0.15) is 35.2 Å². The molecule has 1 saturated heterocycles. The number of aromatic nitrogens is 1. The lowest BCUT2D eigenvalue weighted by atomic mass is 9.89. The van der Waals surface area contributed by atoms with Crippen molar-refractivity contribution in [3.05, 3.63) is 69.0 Å². The summed E-state index contributed by atoms with van der Waals surface area (Å²) in [6.45, 7) is -0.344. The molecule has 1 unspecified atom stereocenters. The molecule has 2 aromatic rings. The van der Waals surface area contributed by atoms with Gasteiger partial charge in [0, 0.05) is 23.2 Å². The third kappa shape index (κ3) is 4.42. The number of nitrogens with one attached hydrogen (secondary N) is 1. The number of hydroxylamine groups is 1. The molecule has 5 nitrogen and oxygen atoms in total. The van der Waals surface area contributed by atoms with Gasteiger partial charge in [0.25, 0.3) is 0 Å². The number of hydrogen-bond acceptors (Lipinski definition) is 4. The summed E-state index contributed by atoms with van der Waals surface area (Å²) in [6, 6.07) is 3.43. The van der Waals surface area contributed by atoms with Crippen LogP contribution in [0.3, 0.4) is 0 Å². The van der Waals surface area contributed by atoms with Crippen molar-refractivity contribution < 1.29 is 40.4 Å². The zero-order chi connectivity index (χ0) is 27.0. The first-order valence-corrected chi connectivity index (χ1v) is 11.7. The van der Waals surface area contributed by atoms with Crippen LogP contribution in [-0.2, 0) is 27.1 Å². The molecule has 0 bridgehead atoms. The van der Waals surface area contributed by atoms with Gasteiger partial charge < -0.3 is 4.90 Å². The maximum atomic E-state index is 15.2. The highest BCUT2D eigenvalue weighted by Crippen LogP contribution is 2.50. The lowest BCUT2D eigenvalue weighted by molar-refractivity contribution is -0.269. The molecule has 0 spiro atoms. The van der Waals surface area contributed by atoms with Crippen LogP contribution in [-0.4, -0.2) is 35.1 Å². The molecule has 3 heterocycles. The molecule has 2 aliphatic heterocycles. The molecule has 37 heavy (non-hydrogen) atoms. The van der Waals surface area contributed by atoms with Gasteiger partial charge in [-0.15, -0.1) is 0 Å². The van der Waals surface area contributed by atoms with E-state index in [1.54, 1.807) is 0 Å². The Morgan fingerprint density at radius 1 is 1.11 bits per heavy atom. The fraction of sp³-hybridized carbons (Fsp3) is 0.391. The lowest BCUT2D eigenvalue weighted by Crippen LogP contribution is -2.59. The van der Waals surface area contributed by atoms with Gasteiger partial charge in [-0.1, -0.05) is 23.2 Å². The highest BCUT2D eigenvalue weighted by Gasteiger charge is 2.60. The fourth-order valence-corrected chi connectivity index (χ4v) is 4.71. The van der Waals surface area contributed by atoms with Crippen molar-refractivity contribution in [3.63, 3.8) is 0 Å². The summed E-state index contributed by atoms with van der Waals surface area (Å²) in [5, 5.41) is -1.69. The number of likely N-dealkylation sites (tertiary alicyclic amines) is 1. The maximum absolute atomic E-state index is 15.2. The molecular formula is C23H16Cl2F7N3O2. The van der Waals surface area contributed by atoms with Crippen LogP contribution in [0.5, 0.6) is 0 Å². The minimum Gasteiger partial charge on any atom is -0.335 e. The van der Waals surface area contributed by atoms with E-state index in [0.717, 1.165) is 19.0 Å². The van der Waals surface area contributed by atoms with Gasteiger partial charge >= 0.3 is 12.4 Å². The SMILES string of the molecule is O=C(C1CC1)N1CC(F)(c2ccc(C3=CC(c4cc(Cl)c(Cl)c(C(F)(F)F)c4)(C(F)(F)F)ON3)cn2)C1. The summed E-state index contributed by atoms with van der Waals surface area (Å²) in [7, 11) is 0. The Labute approximate surface area is 215 Å². The minimum atomic E-state index is -5.22. The summed E-state index contributed by atoms with van der Waals surface area (Å²) >= 11 is 11.3. The largest absolute Gasteiger partial charge is 0.428 e. The van der Waals surface area contributed by atoms with Gasteiger partial charge in [0.1, 0.15) is 0 Å². The Morgan fingerprint density at radius 2 is 1.78 bits per heavy atom. The van der Waals surface area contributed by atoms with E-state index < -0.39 is 44.8 Å². The van der Waals surface area contributed by atoms with Crippen molar-refractivity contribution >= 4 is 34.8 Å². The lowest BCUT2D eigenvalue weighted by Gasteiger charge is -2.44. The predicted octanol–water partition coefficient (Wildman–Crippen LogP) is 6.16. The number of carbonyl (C=O) groups excluding carboxylic acids is 1. The first-order chi connectivity index (χ1) is 17.1. The highest BCUT2D eigenvalue weighted by molar-refractivity contribution is 6.42. The minimum absolute atomic E-state index is 0.00278. The van der Waals surface area contributed by atoms with E-state index in [-0.39, 0.29) is 47.9 Å². The quantitative estimate of drug-likeness (QED) is 0.448. The topological polar surface area (TPSA) is 54.5 Å². The van der Waals surface area contributed by atoms with Crippen LogP contribution in [0.25, 0.3) is 5.70 Å². The number of halogens is 9. The maximum Gasteiger partial charge on any atom is 0.428 e. The second kappa shape index (κ2) is 8.47. The number of pyridine rings is 1. The second-order valence-electron chi connectivity index (χ2n) is 9.18. The summed E-state index contributed by atoms with van der Waals surface area (Å²) in [5.74, 6) is -0.168. The number of carbonyl (C=O) groups is 1. The van der Waals surface area contributed by atoms with Gasteiger partial charge in [-0.3, -0.25) is 20.1 Å². The number of benzene rings is 1. The van der Waals surface area contributed by atoms with Crippen LogP contribution in [0.15, 0.2) is 36.5 Å². The molecule has 1 aromatic heterocycles. The van der Waals surface area contributed by atoms with E-state index in [4.69, 9.17) is 28.0 Å². The number of amides is 1. The average molecular weight is 570 g/mol. The molecule has 5 rings (SSSR count). The Bertz CT molecular complexity index is 1290. The van der Waals surface area contributed by atoms with Crippen molar-refractivity contribution in [1.82, 2.24) is 15.4 Å². The zero-order valence-corrected chi connectivity index (χ0v) is 20.0. The van der Waals surface area contributed by atoms with Crippen molar-refractivity contribution in [2.24, 2.45) is 5.92 Å². The molecule has 1 aliphatic carbocycles. The van der Waals surface area contributed by atoms with E-state index in [9.17, 15) is 31.1 Å². The summed E-state index contributed by atoms with van der Waals surface area (Å²) in [4.78, 5) is 22.3. The first-order valence-electron chi connectivity index (χ1n) is 10.9. The van der Waals surface area contributed by atoms with Crippen LogP contribution in [0.2, 0.25) is 10.0 Å². The van der Waals surface area contributed by atoms with Crippen LogP contribution in [0.4, 0.5) is 30.7 Å². The number of nitrogens with zero attached hydrogens (tertiary/aromatic N) is 2. The van der Waals surface area contributed by atoms with Gasteiger partial charge in [0.15, 0.2) is 5.67 Å². The van der Waals surface area contributed by atoms with Crippen LogP contribution >= 0.6 is 23.2 Å². The first kappa shape index (κ1) is 26.1. The fourth-order valence-electron chi connectivity index (χ4n) is 4.28. The number of hydrogen-bond donors (Lipinski definition) is 1. The van der Waals surface area contributed by atoms with E-state index in [2.05, 4.69) is 10.5 Å². The van der Waals surface area contributed by atoms with Crippen LogP contribution < -0.4 is 5.48 Å². The Morgan fingerprint density at radius 3 is 2.32 bits per heavy atom. The normalized spacial score (nSPS) is 23.4. The van der Waals surface area contributed by atoms with Gasteiger partial charge in [-0.25, -0.2) is 4.39 Å². The molecule has 198 valence electrons. The molecule has 3 aliphatic rings. The van der Waals surface area contributed by atoms with E-state index in [0.29, 0.717) is 12.1 Å². The highest BCUT2D eigenvalue weighted by atomic mass is 35.5. The van der Waals surface area contributed by atoms with Crippen LogP contribution in [0, 0.1) is 5.92 Å². The van der Waals surface area contributed by atoms with Crippen molar-refractivity contribution in [1.29, 1.82) is 0 Å². The molecule has 2 fully saturated rings. The Balaban J connectivity index is 1.44.